The Bertz CT molecular complexity index is 491. The predicted octanol–water partition coefficient (Wildman–Crippen LogP) is 0.971. The molecule has 5 nitrogen and oxygen atoms in total. The quantitative estimate of drug-likeness (QED) is 0.811. The van der Waals surface area contributed by atoms with E-state index in [-0.39, 0.29) is 18.3 Å². The van der Waals surface area contributed by atoms with E-state index in [1.807, 2.05) is 17.0 Å². The van der Waals surface area contributed by atoms with Gasteiger partial charge in [0, 0.05) is 32.6 Å². The first kappa shape index (κ1) is 15.5. The second kappa shape index (κ2) is 7.22. The Kier molecular flexibility index (Phi) is 5.33. The third kappa shape index (κ3) is 4.86. The van der Waals surface area contributed by atoms with Crippen LogP contribution in [0, 0.1) is 0 Å². The summed E-state index contributed by atoms with van der Waals surface area (Å²) in [4.78, 5) is 27.1. The van der Waals surface area contributed by atoms with Crippen LogP contribution in [-0.2, 0) is 16.0 Å². The molecule has 0 aromatic heterocycles. The summed E-state index contributed by atoms with van der Waals surface area (Å²) < 4.78 is 5.52. The van der Waals surface area contributed by atoms with Crippen LogP contribution in [0.1, 0.15) is 12.5 Å². The number of hydrogen-bond acceptors (Lipinski definition) is 4. The van der Waals surface area contributed by atoms with Gasteiger partial charge in [-0.15, -0.1) is 0 Å². The smallest absolute Gasteiger partial charge is 0.260 e. The summed E-state index contributed by atoms with van der Waals surface area (Å²) in [6.45, 7) is 4.97. The van der Waals surface area contributed by atoms with E-state index >= 15 is 0 Å². The van der Waals surface area contributed by atoms with Crippen LogP contribution in [0.3, 0.4) is 0 Å². The van der Waals surface area contributed by atoms with Crippen LogP contribution in [-0.4, -0.2) is 61.3 Å². The zero-order valence-corrected chi connectivity index (χ0v) is 12.7. The highest BCUT2D eigenvalue weighted by Crippen LogP contribution is 2.13. The number of amides is 1. The number of nitrogens with zero attached hydrogens (tertiary/aromatic N) is 2. The molecule has 1 aromatic rings. The fourth-order valence-corrected chi connectivity index (χ4v) is 2.28. The van der Waals surface area contributed by atoms with Gasteiger partial charge in [-0.3, -0.25) is 9.59 Å². The molecule has 0 spiro atoms. The summed E-state index contributed by atoms with van der Waals surface area (Å²) in [6, 6.07) is 7.32. The highest BCUT2D eigenvalue weighted by molar-refractivity contribution is 5.78. The second-order valence-electron chi connectivity index (χ2n) is 5.50. The lowest BCUT2D eigenvalue weighted by Crippen LogP contribution is -2.48. The molecule has 1 aromatic carbocycles. The SMILES string of the molecule is CC(=O)Cc1ccc(OCC(=O)N2CCN(C)CC2)cc1. The number of piperazine rings is 1. The van der Waals surface area contributed by atoms with Gasteiger partial charge in [-0.1, -0.05) is 12.1 Å². The molecule has 21 heavy (non-hydrogen) atoms. The van der Waals surface area contributed by atoms with Gasteiger partial charge in [-0.25, -0.2) is 0 Å². The summed E-state index contributed by atoms with van der Waals surface area (Å²) >= 11 is 0. The first-order chi connectivity index (χ1) is 10.0. The van der Waals surface area contributed by atoms with Gasteiger partial charge in [0.2, 0.25) is 0 Å². The molecule has 5 heteroatoms. The molecule has 1 amide bonds. The Balaban J connectivity index is 1.79. The number of likely N-dealkylation sites (N-methyl/N-ethyl adjacent to an activating group) is 1. The number of ketones is 1. The van der Waals surface area contributed by atoms with E-state index in [2.05, 4.69) is 11.9 Å². The predicted molar refractivity (Wildman–Crippen MR) is 80.4 cm³/mol. The molecule has 0 radical (unpaired) electrons. The number of Topliss-reactive ketones (excluding diaryl/α,β-unsaturated/α-hetero) is 1. The zero-order valence-electron chi connectivity index (χ0n) is 12.7. The minimum Gasteiger partial charge on any atom is -0.484 e. The number of rotatable bonds is 5. The Morgan fingerprint density at radius 3 is 2.29 bits per heavy atom. The van der Waals surface area contributed by atoms with E-state index in [0.717, 1.165) is 31.7 Å². The Labute approximate surface area is 125 Å². The van der Waals surface area contributed by atoms with Crippen LogP contribution >= 0.6 is 0 Å². The molecular weight excluding hydrogens is 268 g/mol. The van der Waals surface area contributed by atoms with E-state index in [9.17, 15) is 9.59 Å². The third-order valence-corrected chi connectivity index (χ3v) is 3.59. The molecule has 114 valence electrons. The third-order valence-electron chi connectivity index (χ3n) is 3.59. The Morgan fingerprint density at radius 2 is 1.71 bits per heavy atom. The van der Waals surface area contributed by atoms with Gasteiger partial charge < -0.3 is 14.5 Å². The van der Waals surface area contributed by atoms with E-state index in [0.29, 0.717) is 12.2 Å². The molecule has 0 bridgehead atoms. The molecule has 1 aliphatic rings. The van der Waals surface area contributed by atoms with E-state index in [1.165, 1.54) is 0 Å². The largest absolute Gasteiger partial charge is 0.484 e. The van der Waals surface area contributed by atoms with Crippen molar-refractivity contribution in [3.05, 3.63) is 29.8 Å². The summed E-state index contributed by atoms with van der Waals surface area (Å²) in [5.74, 6) is 0.814. The van der Waals surface area contributed by atoms with E-state index < -0.39 is 0 Å². The minimum absolute atomic E-state index is 0.0240. The molecule has 0 atom stereocenters. The molecule has 0 N–H and O–H groups in total. The number of benzene rings is 1. The standard InChI is InChI=1S/C16H22N2O3/c1-13(19)11-14-3-5-15(6-4-14)21-12-16(20)18-9-7-17(2)8-10-18/h3-6H,7-12H2,1-2H3. The van der Waals surface area contributed by atoms with Crippen molar-refractivity contribution in [1.82, 2.24) is 9.80 Å². The van der Waals surface area contributed by atoms with Gasteiger partial charge >= 0.3 is 0 Å². The van der Waals surface area contributed by atoms with Crippen molar-refractivity contribution in [1.29, 1.82) is 0 Å². The molecule has 0 unspecified atom stereocenters. The van der Waals surface area contributed by atoms with Crippen molar-refractivity contribution in [2.75, 3.05) is 39.8 Å². The number of ether oxygens (including phenoxy) is 1. The van der Waals surface area contributed by atoms with E-state index in [4.69, 9.17) is 4.74 Å². The van der Waals surface area contributed by atoms with Crippen molar-refractivity contribution in [3.63, 3.8) is 0 Å². The topological polar surface area (TPSA) is 49.9 Å². The molecule has 1 fully saturated rings. The highest BCUT2D eigenvalue weighted by atomic mass is 16.5. The minimum atomic E-state index is 0.0240. The van der Waals surface area contributed by atoms with Crippen LogP contribution in [0.25, 0.3) is 0 Å². The van der Waals surface area contributed by atoms with Gasteiger partial charge in [-0.05, 0) is 31.7 Å². The molecule has 1 heterocycles. The second-order valence-corrected chi connectivity index (χ2v) is 5.50. The fourth-order valence-electron chi connectivity index (χ4n) is 2.28. The number of hydrogen-bond donors (Lipinski definition) is 0. The summed E-state index contributed by atoms with van der Waals surface area (Å²) in [5.41, 5.74) is 0.959. The number of carbonyl (C=O) groups is 2. The van der Waals surface area contributed by atoms with Crippen LogP contribution in [0.15, 0.2) is 24.3 Å². The zero-order chi connectivity index (χ0) is 15.2. The average Bonchev–Trinajstić information content (AvgIpc) is 2.46. The maximum Gasteiger partial charge on any atom is 0.260 e. The lowest BCUT2D eigenvalue weighted by Gasteiger charge is -2.32. The van der Waals surface area contributed by atoms with Gasteiger partial charge in [0.1, 0.15) is 11.5 Å². The van der Waals surface area contributed by atoms with E-state index in [1.54, 1.807) is 19.1 Å². The summed E-state index contributed by atoms with van der Waals surface area (Å²) in [7, 11) is 2.06. The van der Waals surface area contributed by atoms with Crippen molar-refractivity contribution in [2.24, 2.45) is 0 Å². The monoisotopic (exact) mass is 290 g/mol. The first-order valence-electron chi connectivity index (χ1n) is 7.22. The molecular formula is C16H22N2O3. The van der Waals surface area contributed by atoms with Gasteiger partial charge in [0.05, 0.1) is 0 Å². The lowest BCUT2D eigenvalue weighted by atomic mass is 10.1. The van der Waals surface area contributed by atoms with Crippen LogP contribution in [0.4, 0.5) is 0 Å². The van der Waals surface area contributed by atoms with Gasteiger partial charge in [0.25, 0.3) is 5.91 Å². The van der Waals surface area contributed by atoms with Crippen molar-refractivity contribution >= 4 is 11.7 Å². The normalized spacial score (nSPS) is 15.8. The maximum atomic E-state index is 12.0. The van der Waals surface area contributed by atoms with Crippen molar-refractivity contribution in [3.8, 4) is 5.75 Å². The van der Waals surface area contributed by atoms with Crippen LogP contribution in [0.2, 0.25) is 0 Å². The van der Waals surface area contributed by atoms with Crippen LogP contribution < -0.4 is 4.74 Å². The van der Waals surface area contributed by atoms with Gasteiger partial charge in [-0.2, -0.15) is 0 Å². The fraction of sp³-hybridized carbons (Fsp3) is 0.500. The highest BCUT2D eigenvalue weighted by Gasteiger charge is 2.19. The summed E-state index contributed by atoms with van der Waals surface area (Å²) in [6.07, 6.45) is 0.431. The summed E-state index contributed by atoms with van der Waals surface area (Å²) in [5, 5.41) is 0. The maximum absolute atomic E-state index is 12.0. The molecule has 1 saturated heterocycles. The average molecular weight is 290 g/mol. The van der Waals surface area contributed by atoms with Gasteiger partial charge in [0.15, 0.2) is 6.61 Å². The first-order valence-corrected chi connectivity index (χ1v) is 7.22. The molecule has 2 rings (SSSR count). The molecule has 0 aliphatic carbocycles. The Morgan fingerprint density at radius 1 is 1.10 bits per heavy atom. The molecule has 1 aliphatic heterocycles. The molecule has 0 saturated carbocycles. The Hall–Kier alpha value is -1.88. The lowest BCUT2D eigenvalue weighted by molar-refractivity contribution is -0.134. The number of carbonyl (C=O) groups excluding carboxylic acids is 2. The van der Waals surface area contributed by atoms with Crippen molar-refractivity contribution in [2.45, 2.75) is 13.3 Å². The van der Waals surface area contributed by atoms with Crippen molar-refractivity contribution < 1.29 is 14.3 Å². The van der Waals surface area contributed by atoms with Crippen LogP contribution in [0.5, 0.6) is 5.75 Å².